The first kappa shape index (κ1) is 17.9. The van der Waals surface area contributed by atoms with Crippen LogP contribution in [0.15, 0.2) is 24.3 Å². The van der Waals surface area contributed by atoms with Gasteiger partial charge in [-0.25, -0.2) is 4.39 Å². The van der Waals surface area contributed by atoms with E-state index in [1.165, 1.54) is 19.1 Å². The topological polar surface area (TPSA) is 58.6 Å². The average Bonchev–Trinajstić information content (AvgIpc) is 3.15. The molecule has 0 bridgehead atoms. The number of hydrogen-bond donors (Lipinski definition) is 1. The van der Waals surface area contributed by atoms with Crippen molar-refractivity contribution in [2.75, 3.05) is 19.7 Å². The van der Waals surface area contributed by atoms with Gasteiger partial charge in [-0.2, -0.15) is 0 Å². The number of likely N-dealkylation sites (tertiary alicyclic amines) is 1. The number of nitrogens with one attached hydrogen (secondary N) is 1. The standard InChI is InChI=1S/C19H25FN2O3/c1-13(23)22-10-2-4-15(12-22)19(24)21-18(17-5-3-11-25-17)14-6-8-16(20)9-7-14/h6-9,15,17-18H,2-5,10-12H2,1H3,(H,21,24)/t15-,17-,18+/m0/s1. The van der Waals surface area contributed by atoms with Gasteiger partial charge in [-0.15, -0.1) is 0 Å². The van der Waals surface area contributed by atoms with Crippen molar-refractivity contribution in [1.29, 1.82) is 0 Å². The molecule has 3 atom stereocenters. The monoisotopic (exact) mass is 348 g/mol. The van der Waals surface area contributed by atoms with E-state index in [1.807, 2.05) is 0 Å². The van der Waals surface area contributed by atoms with Gasteiger partial charge in [-0.1, -0.05) is 12.1 Å². The number of nitrogens with zero attached hydrogens (tertiary/aromatic N) is 1. The van der Waals surface area contributed by atoms with Crippen LogP contribution in [0.25, 0.3) is 0 Å². The van der Waals surface area contributed by atoms with Gasteiger partial charge in [0.2, 0.25) is 11.8 Å². The van der Waals surface area contributed by atoms with E-state index in [2.05, 4.69) is 5.32 Å². The minimum atomic E-state index is -0.300. The van der Waals surface area contributed by atoms with Crippen LogP contribution in [0, 0.1) is 11.7 Å². The average molecular weight is 348 g/mol. The number of hydrogen-bond acceptors (Lipinski definition) is 3. The number of amides is 2. The van der Waals surface area contributed by atoms with Gasteiger partial charge in [0, 0.05) is 26.6 Å². The highest BCUT2D eigenvalue weighted by molar-refractivity contribution is 5.81. The van der Waals surface area contributed by atoms with E-state index in [9.17, 15) is 14.0 Å². The number of ether oxygens (including phenoxy) is 1. The van der Waals surface area contributed by atoms with Crippen molar-refractivity contribution < 1.29 is 18.7 Å². The van der Waals surface area contributed by atoms with Crippen LogP contribution in [-0.2, 0) is 14.3 Å². The molecule has 5 nitrogen and oxygen atoms in total. The zero-order chi connectivity index (χ0) is 17.8. The summed E-state index contributed by atoms with van der Waals surface area (Å²) in [7, 11) is 0. The third-order valence-electron chi connectivity index (χ3n) is 5.10. The number of carbonyl (C=O) groups is 2. The minimum Gasteiger partial charge on any atom is -0.376 e. The molecule has 0 aliphatic carbocycles. The summed E-state index contributed by atoms with van der Waals surface area (Å²) < 4.78 is 19.0. The van der Waals surface area contributed by atoms with Crippen molar-refractivity contribution in [2.45, 2.75) is 44.8 Å². The Morgan fingerprint density at radius 3 is 2.64 bits per heavy atom. The van der Waals surface area contributed by atoms with Crippen molar-refractivity contribution >= 4 is 11.8 Å². The van der Waals surface area contributed by atoms with Crippen LogP contribution >= 0.6 is 0 Å². The molecule has 2 amide bonds. The Morgan fingerprint density at radius 2 is 2.00 bits per heavy atom. The zero-order valence-corrected chi connectivity index (χ0v) is 14.5. The molecule has 2 aliphatic heterocycles. The van der Waals surface area contributed by atoms with Gasteiger partial charge >= 0.3 is 0 Å². The number of halogens is 1. The molecule has 0 radical (unpaired) electrons. The van der Waals surface area contributed by atoms with Crippen LogP contribution in [0.2, 0.25) is 0 Å². The fourth-order valence-electron chi connectivity index (χ4n) is 3.67. The maximum absolute atomic E-state index is 13.2. The Kier molecular flexibility index (Phi) is 5.68. The second-order valence-corrected chi connectivity index (χ2v) is 6.89. The zero-order valence-electron chi connectivity index (χ0n) is 14.5. The van der Waals surface area contributed by atoms with E-state index in [1.54, 1.807) is 17.0 Å². The lowest BCUT2D eigenvalue weighted by molar-refractivity contribution is -0.134. The highest BCUT2D eigenvalue weighted by atomic mass is 19.1. The molecule has 0 unspecified atom stereocenters. The van der Waals surface area contributed by atoms with E-state index in [4.69, 9.17) is 4.74 Å². The second-order valence-electron chi connectivity index (χ2n) is 6.89. The molecule has 1 N–H and O–H groups in total. The van der Waals surface area contributed by atoms with E-state index in [0.29, 0.717) is 19.7 Å². The maximum atomic E-state index is 13.2. The Balaban J connectivity index is 1.72. The molecule has 0 aromatic heterocycles. The van der Waals surface area contributed by atoms with Crippen LogP contribution in [0.1, 0.15) is 44.2 Å². The fourth-order valence-corrected chi connectivity index (χ4v) is 3.67. The SMILES string of the molecule is CC(=O)N1CCC[C@H](C(=O)N[C@H](c2ccc(F)cc2)[C@@H]2CCCO2)C1. The lowest BCUT2D eigenvalue weighted by Crippen LogP contribution is -2.47. The molecule has 6 heteroatoms. The van der Waals surface area contributed by atoms with Gasteiger partial charge in [0.15, 0.2) is 0 Å². The highest BCUT2D eigenvalue weighted by Crippen LogP contribution is 2.28. The first-order chi connectivity index (χ1) is 12.0. The maximum Gasteiger partial charge on any atom is 0.225 e. The molecule has 1 aromatic carbocycles. The third kappa shape index (κ3) is 4.37. The molecule has 136 valence electrons. The van der Waals surface area contributed by atoms with E-state index in [-0.39, 0.29) is 35.7 Å². The molecular weight excluding hydrogens is 323 g/mol. The lowest BCUT2D eigenvalue weighted by atomic mass is 9.94. The predicted molar refractivity (Wildman–Crippen MR) is 91.2 cm³/mol. The van der Waals surface area contributed by atoms with Crippen LogP contribution in [-0.4, -0.2) is 42.5 Å². The minimum absolute atomic E-state index is 0.00621. The summed E-state index contributed by atoms with van der Waals surface area (Å²) in [5.41, 5.74) is 0.848. The van der Waals surface area contributed by atoms with E-state index < -0.39 is 0 Å². The van der Waals surface area contributed by atoms with Gasteiger partial charge < -0.3 is 15.0 Å². The normalized spacial score (nSPS) is 24.8. The summed E-state index contributed by atoms with van der Waals surface area (Å²) in [6.45, 7) is 3.39. The summed E-state index contributed by atoms with van der Waals surface area (Å²) >= 11 is 0. The summed E-state index contributed by atoms with van der Waals surface area (Å²) in [6, 6.07) is 5.92. The first-order valence-electron chi connectivity index (χ1n) is 8.97. The number of rotatable bonds is 4. The predicted octanol–water partition coefficient (Wildman–Crippen LogP) is 2.42. The summed E-state index contributed by atoms with van der Waals surface area (Å²) in [5, 5.41) is 3.10. The Morgan fingerprint density at radius 1 is 1.24 bits per heavy atom. The van der Waals surface area contributed by atoms with Crippen LogP contribution < -0.4 is 5.32 Å². The van der Waals surface area contributed by atoms with E-state index in [0.717, 1.165) is 31.2 Å². The summed E-state index contributed by atoms with van der Waals surface area (Å²) in [4.78, 5) is 26.1. The lowest BCUT2D eigenvalue weighted by Gasteiger charge is -2.33. The van der Waals surface area contributed by atoms with Crippen LogP contribution in [0.3, 0.4) is 0 Å². The molecule has 0 saturated carbocycles. The highest BCUT2D eigenvalue weighted by Gasteiger charge is 2.33. The summed E-state index contributed by atoms with van der Waals surface area (Å²) in [6.07, 6.45) is 3.34. The number of carbonyl (C=O) groups excluding carboxylic acids is 2. The summed E-state index contributed by atoms with van der Waals surface area (Å²) in [5.74, 6) is -0.560. The molecule has 0 spiro atoms. The van der Waals surface area contributed by atoms with Crippen LogP contribution in [0.5, 0.6) is 0 Å². The van der Waals surface area contributed by atoms with Gasteiger partial charge in [-0.05, 0) is 43.4 Å². The largest absolute Gasteiger partial charge is 0.376 e. The molecule has 1 aromatic rings. The fraction of sp³-hybridized carbons (Fsp3) is 0.579. The van der Waals surface area contributed by atoms with Gasteiger partial charge in [0.05, 0.1) is 18.1 Å². The van der Waals surface area contributed by atoms with Crippen molar-refractivity contribution in [3.63, 3.8) is 0 Å². The number of benzene rings is 1. The Bertz CT molecular complexity index is 614. The van der Waals surface area contributed by atoms with E-state index >= 15 is 0 Å². The van der Waals surface area contributed by atoms with Gasteiger partial charge in [-0.3, -0.25) is 9.59 Å². The molecular formula is C19H25FN2O3. The molecule has 2 saturated heterocycles. The quantitative estimate of drug-likeness (QED) is 0.909. The first-order valence-corrected chi connectivity index (χ1v) is 8.97. The van der Waals surface area contributed by atoms with Crippen molar-refractivity contribution in [2.24, 2.45) is 5.92 Å². The van der Waals surface area contributed by atoms with Crippen molar-refractivity contribution in [3.8, 4) is 0 Å². The molecule has 25 heavy (non-hydrogen) atoms. The van der Waals surface area contributed by atoms with Crippen molar-refractivity contribution in [3.05, 3.63) is 35.6 Å². The second kappa shape index (κ2) is 7.95. The van der Waals surface area contributed by atoms with Gasteiger partial charge in [0.1, 0.15) is 5.82 Å². The molecule has 2 aliphatic rings. The molecule has 2 fully saturated rings. The number of piperidine rings is 1. The Labute approximate surface area is 147 Å². The molecule has 2 heterocycles. The van der Waals surface area contributed by atoms with Crippen molar-refractivity contribution in [1.82, 2.24) is 10.2 Å². The molecule has 3 rings (SSSR count). The smallest absolute Gasteiger partial charge is 0.225 e. The third-order valence-corrected chi connectivity index (χ3v) is 5.10. The Hall–Kier alpha value is -1.95. The van der Waals surface area contributed by atoms with Gasteiger partial charge in [0.25, 0.3) is 0 Å². The van der Waals surface area contributed by atoms with Crippen LogP contribution in [0.4, 0.5) is 4.39 Å².